The molecule has 0 amide bonds. The van der Waals surface area contributed by atoms with Gasteiger partial charge in [-0.3, -0.25) is 4.98 Å². The van der Waals surface area contributed by atoms with E-state index in [9.17, 15) is 0 Å². The van der Waals surface area contributed by atoms with Crippen molar-refractivity contribution in [3.63, 3.8) is 0 Å². The maximum atomic E-state index is 5.27. The number of morpholine rings is 1. The summed E-state index contributed by atoms with van der Waals surface area (Å²) in [6, 6.07) is 4.14. The van der Waals surface area contributed by atoms with Crippen molar-refractivity contribution in [2.75, 3.05) is 26.3 Å². The van der Waals surface area contributed by atoms with E-state index in [1.54, 1.807) is 0 Å². The van der Waals surface area contributed by atoms with Crippen LogP contribution >= 0.6 is 0 Å². The van der Waals surface area contributed by atoms with Gasteiger partial charge in [-0.15, -0.1) is 0 Å². The molecule has 0 radical (unpaired) electrons. The summed E-state index contributed by atoms with van der Waals surface area (Å²) in [6.45, 7) is 6.37. The number of aromatic nitrogens is 1. The van der Waals surface area contributed by atoms with Gasteiger partial charge in [-0.1, -0.05) is 6.07 Å². The number of rotatable bonds is 3. The molecule has 0 spiro atoms. The van der Waals surface area contributed by atoms with E-state index in [4.69, 9.17) is 4.74 Å². The fourth-order valence-electron chi connectivity index (χ4n) is 1.52. The Morgan fingerprint density at radius 1 is 1.40 bits per heavy atom. The first kappa shape index (κ1) is 10.5. The number of pyridine rings is 1. The molecule has 15 heavy (non-hydrogen) atoms. The standard InChI is InChI=1S/C11H17N3O/c1-10-2-3-11(12-8-10)9-13-14-4-6-15-7-5-14/h2-3,8,13H,4-7,9H2,1H3. The minimum absolute atomic E-state index is 0.792. The summed E-state index contributed by atoms with van der Waals surface area (Å²) in [6.07, 6.45) is 1.90. The van der Waals surface area contributed by atoms with Crippen LogP contribution in [0.4, 0.5) is 0 Å². The average molecular weight is 207 g/mol. The number of ether oxygens (including phenoxy) is 1. The second kappa shape index (κ2) is 5.21. The molecule has 2 rings (SSSR count). The Kier molecular flexibility index (Phi) is 3.66. The third-order valence-corrected chi connectivity index (χ3v) is 2.47. The van der Waals surface area contributed by atoms with Crippen LogP contribution in [-0.4, -0.2) is 36.3 Å². The highest BCUT2D eigenvalue weighted by atomic mass is 16.5. The average Bonchev–Trinajstić information content (AvgIpc) is 2.30. The number of nitrogens with one attached hydrogen (secondary N) is 1. The van der Waals surface area contributed by atoms with Crippen LogP contribution in [0, 0.1) is 6.92 Å². The van der Waals surface area contributed by atoms with Gasteiger partial charge in [0, 0.05) is 19.3 Å². The van der Waals surface area contributed by atoms with Gasteiger partial charge in [0.25, 0.3) is 0 Å². The quantitative estimate of drug-likeness (QED) is 0.792. The Labute approximate surface area is 90.2 Å². The summed E-state index contributed by atoms with van der Waals surface area (Å²) < 4.78 is 5.27. The fraction of sp³-hybridized carbons (Fsp3) is 0.545. The number of aryl methyl sites for hydroxylation is 1. The van der Waals surface area contributed by atoms with E-state index in [0.717, 1.165) is 38.5 Å². The van der Waals surface area contributed by atoms with E-state index in [-0.39, 0.29) is 0 Å². The predicted octanol–water partition coefficient (Wildman–Crippen LogP) is 0.727. The second-order valence-electron chi connectivity index (χ2n) is 3.76. The van der Waals surface area contributed by atoms with Crippen LogP contribution in [0.1, 0.15) is 11.3 Å². The number of nitrogens with zero attached hydrogens (tertiary/aromatic N) is 2. The number of hydrogen-bond donors (Lipinski definition) is 1. The molecule has 1 aromatic heterocycles. The fourth-order valence-corrected chi connectivity index (χ4v) is 1.52. The molecule has 1 aliphatic rings. The molecule has 4 nitrogen and oxygen atoms in total. The zero-order valence-corrected chi connectivity index (χ0v) is 9.07. The van der Waals surface area contributed by atoms with Crippen molar-refractivity contribution >= 4 is 0 Å². The molecule has 0 saturated carbocycles. The van der Waals surface area contributed by atoms with Crippen molar-refractivity contribution in [2.45, 2.75) is 13.5 Å². The zero-order valence-electron chi connectivity index (χ0n) is 9.07. The third-order valence-electron chi connectivity index (χ3n) is 2.47. The smallest absolute Gasteiger partial charge is 0.0608 e. The summed E-state index contributed by atoms with van der Waals surface area (Å²) in [4.78, 5) is 4.34. The van der Waals surface area contributed by atoms with Crippen LogP contribution in [-0.2, 0) is 11.3 Å². The molecule has 0 aliphatic carbocycles. The van der Waals surface area contributed by atoms with Gasteiger partial charge in [-0.2, -0.15) is 0 Å². The summed E-state index contributed by atoms with van der Waals surface area (Å²) >= 11 is 0. The van der Waals surface area contributed by atoms with E-state index in [2.05, 4.69) is 27.6 Å². The molecule has 1 fully saturated rings. The Morgan fingerprint density at radius 2 is 2.20 bits per heavy atom. The van der Waals surface area contributed by atoms with Gasteiger partial charge in [0.2, 0.25) is 0 Å². The Bertz CT molecular complexity index is 293. The van der Waals surface area contributed by atoms with E-state index in [1.807, 2.05) is 13.1 Å². The van der Waals surface area contributed by atoms with Crippen LogP contribution in [0.25, 0.3) is 0 Å². The maximum Gasteiger partial charge on any atom is 0.0608 e. The molecule has 1 aliphatic heterocycles. The first-order valence-electron chi connectivity index (χ1n) is 5.32. The minimum atomic E-state index is 0.792. The third kappa shape index (κ3) is 3.27. The predicted molar refractivity (Wildman–Crippen MR) is 58.2 cm³/mol. The molecule has 0 bridgehead atoms. The molecule has 1 saturated heterocycles. The zero-order chi connectivity index (χ0) is 10.5. The van der Waals surface area contributed by atoms with E-state index < -0.39 is 0 Å². The largest absolute Gasteiger partial charge is 0.379 e. The molecule has 0 aromatic carbocycles. The maximum absolute atomic E-state index is 5.27. The highest BCUT2D eigenvalue weighted by molar-refractivity contribution is 5.11. The lowest BCUT2D eigenvalue weighted by Crippen LogP contribution is -2.45. The van der Waals surface area contributed by atoms with E-state index in [1.165, 1.54) is 5.56 Å². The van der Waals surface area contributed by atoms with Gasteiger partial charge in [0.05, 0.1) is 25.5 Å². The summed E-state index contributed by atoms with van der Waals surface area (Å²) in [5, 5.41) is 2.19. The first-order valence-corrected chi connectivity index (χ1v) is 5.32. The van der Waals surface area contributed by atoms with E-state index in [0.29, 0.717) is 0 Å². The number of hydrogen-bond acceptors (Lipinski definition) is 4. The Morgan fingerprint density at radius 3 is 2.87 bits per heavy atom. The lowest BCUT2D eigenvalue weighted by Gasteiger charge is -2.27. The Hall–Kier alpha value is -0.970. The molecule has 1 aromatic rings. The number of hydrazine groups is 1. The molecule has 2 heterocycles. The topological polar surface area (TPSA) is 37.4 Å². The first-order chi connectivity index (χ1) is 7.34. The van der Waals surface area contributed by atoms with Crippen molar-refractivity contribution in [1.82, 2.24) is 15.4 Å². The Balaban J connectivity index is 1.79. The highest BCUT2D eigenvalue weighted by Gasteiger charge is 2.09. The second-order valence-corrected chi connectivity index (χ2v) is 3.76. The highest BCUT2D eigenvalue weighted by Crippen LogP contribution is 1.99. The van der Waals surface area contributed by atoms with Crippen molar-refractivity contribution in [1.29, 1.82) is 0 Å². The van der Waals surface area contributed by atoms with Crippen LogP contribution in [0.5, 0.6) is 0 Å². The lowest BCUT2D eigenvalue weighted by atomic mass is 10.3. The molecule has 0 atom stereocenters. The van der Waals surface area contributed by atoms with Crippen molar-refractivity contribution < 1.29 is 4.74 Å². The SMILES string of the molecule is Cc1ccc(CNN2CCOCC2)nc1. The molecule has 0 unspecified atom stereocenters. The van der Waals surface area contributed by atoms with Crippen molar-refractivity contribution in [3.8, 4) is 0 Å². The van der Waals surface area contributed by atoms with Crippen LogP contribution in [0.15, 0.2) is 18.3 Å². The lowest BCUT2D eigenvalue weighted by molar-refractivity contribution is 0.0103. The van der Waals surface area contributed by atoms with Crippen molar-refractivity contribution in [2.24, 2.45) is 0 Å². The van der Waals surface area contributed by atoms with Crippen molar-refractivity contribution in [3.05, 3.63) is 29.6 Å². The van der Waals surface area contributed by atoms with Gasteiger partial charge in [-0.25, -0.2) is 10.4 Å². The summed E-state index contributed by atoms with van der Waals surface area (Å²) in [5.74, 6) is 0. The van der Waals surface area contributed by atoms with Gasteiger partial charge in [0.15, 0.2) is 0 Å². The molecule has 1 N–H and O–H groups in total. The van der Waals surface area contributed by atoms with Crippen LogP contribution in [0.3, 0.4) is 0 Å². The van der Waals surface area contributed by atoms with Gasteiger partial charge >= 0.3 is 0 Å². The molecular weight excluding hydrogens is 190 g/mol. The van der Waals surface area contributed by atoms with Gasteiger partial charge < -0.3 is 4.74 Å². The molecular formula is C11H17N3O. The van der Waals surface area contributed by atoms with Gasteiger partial charge in [0.1, 0.15) is 0 Å². The minimum Gasteiger partial charge on any atom is -0.379 e. The summed E-state index contributed by atoms with van der Waals surface area (Å²) in [7, 11) is 0. The summed E-state index contributed by atoms with van der Waals surface area (Å²) in [5.41, 5.74) is 5.62. The normalized spacial score (nSPS) is 17.9. The van der Waals surface area contributed by atoms with Crippen LogP contribution in [0.2, 0.25) is 0 Å². The monoisotopic (exact) mass is 207 g/mol. The molecule has 82 valence electrons. The van der Waals surface area contributed by atoms with Gasteiger partial charge in [-0.05, 0) is 18.6 Å². The molecule has 4 heteroatoms. The van der Waals surface area contributed by atoms with E-state index >= 15 is 0 Å². The van der Waals surface area contributed by atoms with Crippen LogP contribution < -0.4 is 5.43 Å².